The number of rotatable bonds is 4. The Balaban J connectivity index is 2.19. The van der Waals surface area contributed by atoms with E-state index in [0.29, 0.717) is 12.1 Å². The molecule has 3 nitrogen and oxygen atoms in total. The van der Waals surface area contributed by atoms with Crippen LogP contribution in [0.5, 0.6) is 0 Å². The molecule has 0 saturated heterocycles. The second kappa shape index (κ2) is 6.90. The summed E-state index contributed by atoms with van der Waals surface area (Å²) in [4.78, 5) is 7.05. The minimum absolute atomic E-state index is 0.344. The molecule has 0 aromatic carbocycles. The van der Waals surface area contributed by atoms with Crippen molar-refractivity contribution in [2.24, 2.45) is 0 Å². The molecule has 0 radical (unpaired) electrons. The quantitative estimate of drug-likeness (QED) is 0.841. The van der Waals surface area contributed by atoms with Gasteiger partial charge in [0.1, 0.15) is 5.82 Å². The Hall–Kier alpha value is -1.09. The van der Waals surface area contributed by atoms with Crippen molar-refractivity contribution in [2.45, 2.75) is 57.5 Å². The number of aromatic nitrogens is 1. The molecule has 0 spiro atoms. The van der Waals surface area contributed by atoms with Gasteiger partial charge in [0.05, 0.1) is 0 Å². The highest BCUT2D eigenvalue weighted by Gasteiger charge is 2.21. The van der Waals surface area contributed by atoms with Gasteiger partial charge in [0, 0.05) is 30.9 Å². The van der Waals surface area contributed by atoms with Crippen LogP contribution in [0, 0.1) is 0 Å². The first-order valence-corrected chi connectivity index (χ1v) is 7.59. The number of nitrogens with one attached hydrogen (secondary N) is 1. The molecule has 1 unspecified atom stereocenters. The van der Waals surface area contributed by atoms with E-state index in [1.54, 1.807) is 0 Å². The molecule has 1 aliphatic rings. The van der Waals surface area contributed by atoms with Gasteiger partial charge in [0.2, 0.25) is 0 Å². The summed E-state index contributed by atoms with van der Waals surface area (Å²) in [5.74, 6) is 1.15. The highest BCUT2D eigenvalue weighted by Crippen LogP contribution is 2.28. The Bertz CT molecular complexity index is 383. The first-order valence-electron chi connectivity index (χ1n) is 7.59. The lowest BCUT2D eigenvalue weighted by Crippen LogP contribution is -2.33. The van der Waals surface area contributed by atoms with Crippen LogP contribution >= 0.6 is 0 Å². The molecule has 1 N–H and O–H groups in total. The largest absolute Gasteiger partial charge is 0.356 e. The molecule has 1 aliphatic carbocycles. The Morgan fingerprint density at radius 3 is 2.58 bits per heavy atom. The van der Waals surface area contributed by atoms with Crippen LogP contribution in [0.25, 0.3) is 0 Å². The summed E-state index contributed by atoms with van der Waals surface area (Å²) >= 11 is 0. The van der Waals surface area contributed by atoms with Crippen molar-refractivity contribution in [1.82, 2.24) is 10.3 Å². The average molecular weight is 261 g/mol. The second-order valence-electron chi connectivity index (χ2n) is 5.68. The zero-order valence-corrected chi connectivity index (χ0v) is 12.5. The molecule has 0 amide bonds. The fourth-order valence-electron chi connectivity index (χ4n) is 3.02. The number of hydrogen-bond donors (Lipinski definition) is 1. The number of pyridine rings is 1. The fraction of sp³-hybridized carbons (Fsp3) is 0.688. The summed E-state index contributed by atoms with van der Waals surface area (Å²) in [7, 11) is 4.22. The van der Waals surface area contributed by atoms with E-state index in [1.165, 1.54) is 44.1 Å². The smallest absolute Gasteiger partial charge is 0.133 e. The Kier molecular flexibility index (Phi) is 5.20. The minimum Gasteiger partial charge on any atom is -0.356 e. The van der Waals surface area contributed by atoms with Crippen molar-refractivity contribution in [1.29, 1.82) is 0 Å². The third kappa shape index (κ3) is 3.47. The lowest BCUT2D eigenvalue weighted by molar-refractivity contribution is 0.543. The molecule has 1 fully saturated rings. The lowest BCUT2D eigenvalue weighted by Gasteiger charge is -2.31. The minimum atomic E-state index is 0.344. The Morgan fingerprint density at radius 1 is 1.26 bits per heavy atom. The lowest BCUT2D eigenvalue weighted by atomic mass is 10.0. The Labute approximate surface area is 117 Å². The molecule has 1 heterocycles. The number of nitrogens with zero attached hydrogens (tertiary/aromatic N) is 2. The van der Waals surface area contributed by atoms with E-state index in [4.69, 9.17) is 0 Å². The zero-order valence-electron chi connectivity index (χ0n) is 12.5. The van der Waals surface area contributed by atoms with Gasteiger partial charge in [-0.15, -0.1) is 0 Å². The molecular weight excluding hydrogens is 234 g/mol. The summed E-state index contributed by atoms with van der Waals surface area (Å²) in [5, 5.41) is 3.33. The molecule has 19 heavy (non-hydrogen) atoms. The van der Waals surface area contributed by atoms with E-state index in [-0.39, 0.29) is 0 Å². The molecule has 1 saturated carbocycles. The van der Waals surface area contributed by atoms with E-state index in [0.717, 1.165) is 5.82 Å². The van der Waals surface area contributed by atoms with Gasteiger partial charge in [-0.3, -0.25) is 0 Å². The predicted molar refractivity (Wildman–Crippen MR) is 81.6 cm³/mol. The summed E-state index contributed by atoms with van der Waals surface area (Å²) < 4.78 is 0. The maximum Gasteiger partial charge on any atom is 0.133 e. The third-order valence-electron chi connectivity index (χ3n) is 4.42. The first kappa shape index (κ1) is 14.3. The molecule has 1 aromatic rings. The monoisotopic (exact) mass is 261 g/mol. The van der Waals surface area contributed by atoms with Crippen molar-refractivity contribution >= 4 is 5.82 Å². The van der Waals surface area contributed by atoms with Crippen molar-refractivity contribution in [3.63, 3.8) is 0 Å². The van der Waals surface area contributed by atoms with Crippen LogP contribution in [0.3, 0.4) is 0 Å². The average Bonchev–Trinajstić information content (AvgIpc) is 2.74. The van der Waals surface area contributed by atoms with Gasteiger partial charge >= 0.3 is 0 Å². The van der Waals surface area contributed by atoms with Crippen LogP contribution in [-0.4, -0.2) is 25.1 Å². The molecule has 2 rings (SSSR count). The van der Waals surface area contributed by atoms with E-state index in [2.05, 4.69) is 35.2 Å². The van der Waals surface area contributed by atoms with Gasteiger partial charge in [0.25, 0.3) is 0 Å². The standard InChI is InChI=1S/C16H27N3/c1-13(17-2)15-11-8-12-18-16(15)19(3)14-9-6-4-5-7-10-14/h8,11-14,17H,4-7,9-10H2,1-3H3. The third-order valence-corrected chi connectivity index (χ3v) is 4.42. The van der Waals surface area contributed by atoms with E-state index in [9.17, 15) is 0 Å². The molecule has 106 valence electrons. The van der Waals surface area contributed by atoms with Crippen LogP contribution in [0.15, 0.2) is 18.3 Å². The van der Waals surface area contributed by atoms with Crippen molar-refractivity contribution in [3.05, 3.63) is 23.9 Å². The van der Waals surface area contributed by atoms with Gasteiger partial charge < -0.3 is 10.2 Å². The molecule has 1 atom stereocenters. The van der Waals surface area contributed by atoms with Crippen molar-refractivity contribution < 1.29 is 0 Å². The van der Waals surface area contributed by atoms with Gasteiger partial charge in [-0.25, -0.2) is 4.98 Å². The molecule has 0 aliphatic heterocycles. The van der Waals surface area contributed by atoms with Crippen LogP contribution in [0.2, 0.25) is 0 Å². The van der Waals surface area contributed by atoms with E-state index < -0.39 is 0 Å². The highest BCUT2D eigenvalue weighted by molar-refractivity contribution is 5.48. The van der Waals surface area contributed by atoms with Crippen molar-refractivity contribution in [2.75, 3.05) is 19.0 Å². The Morgan fingerprint density at radius 2 is 1.95 bits per heavy atom. The molecular formula is C16H27N3. The van der Waals surface area contributed by atoms with E-state index in [1.807, 2.05) is 19.3 Å². The van der Waals surface area contributed by atoms with Gasteiger partial charge in [-0.2, -0.15) is 0 Å². The molecule has 0 bridgehead atoms. The van der Waals surface area contributed by atoms with Crippen LogP contribution in [0.4, 0.5) is 5.82 Å². The topological polar surface area (TPSA) is 28.2 Å². The highest BCUT2D eigenvalue weighted by atomic mass is 15.2. The van der Waals surface area contributed by atoms with Gasteiger partial charge in [-0.05, 0) is 32.9 Å². The maximum absolute atomic E-state index is 4.64. The summed E-state index contributed by atoms with van der Waals surface area (Å²) in [6.07, 6.45) is 10.0. The first-order chi connectivity index (χ1) is 9.24. The van der Waals surface area contributed by atoms with Crippen LogP contribution in [-0.2, 0) is 0 Å². The van der Waals surface area contributed by atoms with E-state index >= 15 is 0 Å². The van der Waals surface area contributed by atoms with Crippen LogP contribution in [0.1, 0.15) is 57.1 Å². The van der Waals surface area contributed by atoms with Gasteiger partial charge in [0.15, 0.2) is 0 Å². The van der Waals surface area contributed by atoms with Crippen molar-refractivity contribution in [3.8, 4) is 0 Å². The number of hydrogen-bond acceptors (Lipinski definition) is 3. The normalized spacial score (nSPS) is 18.9. The molecule has 3 heteroatoms. The fourth-order valence-corrected chi connectivity index (χ4v) is 3.02. The van der Waals surface area contributed by atoms with Crippen LogP contribution < -0.4 is 10.2 Å². The zero-order chi connectivity index (χ0) is 13.7. The summed E-state index contributed by atoms with van der Waals surface area (Å²) in [6.45, 7) is 2.20. The second-order valence-corrected chi connectivity index (χ2v) is 5.68. The molecule has 1 aromatic heterocycles. The maximum atomic E-state index is 4.64. The summed E-state index contributed by atoms with van der Waals surface area (Å²) in [6, 6.07) is 5.22. The SMILES string of the molecule is CNC(C)c1cccnc1N(C)C1CCCCCC1. The number of anilines is 1. The summed E-state index contributed by atoms with van der Waals surface area (Å²) in [5.41, 5.74) is 1.30. The predicted octanol–water partition coefficient (Wildman–Crippen LogP) is 3.52. The van der Waals surface area contributed by atoms with Gasteiger partial charge in [-0.1, -0.05) is 31.7 Å².